The molecule has 0 aliphatic rings. The van der Waals surface area contributed by atoms with Gasteiger partial charge < -0.3 is 0 Å². The van der Waals surface area contributed by atoms with Gasteiger partial charge in [-0.2, -0.15) is 0 Å². The van der Waals surface area contributed by atoms with E-state index in [1.54, 1.807) is 17.9 Å². The lowest BCUT2D eigenvalue weighted by Gasteiger charge is -1.85. The number of hydrogen-bond acceptors (Lipinski definition) is 2. The maximum absolute atomic E-state index is 5.35. The molecule has 0 aliphatic carbocycles. The van der Waals surface area contributed by atoms with Gasteiger partial charge in [-0.05, 0) is 5.92 Å². The van der Waals surface area contributed by atoms with E-state index in [9.17, 15) is 0 Å². The van der Waals surface area contributed by atoms with Crippen LogP contribution >= 0.6 is 11.6 Å². The molecule has 1 aromatic rings. The van der Waals surface area contributed by atoms with Gasteiger partial charge in [0.05, 0.1) is 12.1 Å². The van der Waals surface area contributed by atoms with Gasteiger partial charge >= 0.3 is 0 Å². The second-order valence-corrected chi connectivity index (χ2v) is 1.95. The van der Waals surface area contributed by atoms with Crippen LogP contribution in [0.4, 0.5) is 0 Å². The van der Waals surface area contributed by atoms with Crippen molar-refractivity contribution < 1.29 is 0 Å². The predicted molar refractivity (Wildman–Crippen MR) is 38.6 cm³/mol. The zero-order valence-corrected chi connectivity index (χ0v) is 6.26. The summed E-state index contributed by atoms with van der Waals surface area (Å²) in [6.45, 7) is 0. The van der Waals surface area contributed by atoms with Crippen LogP contribution in [0.15, 0.2) is 6.20 Å². The van der Waals surface area contributed by atoms with Crippen molar-refractivity contribution in [3.63, 3.8) is 0 Å². The van der Waals surface area contributed by atoms with Crippen LogP contribution in [0.3, 0.4) is 0 Å². The van der Waals surface area contributed by atoms with Gasteiger partial charge in [-0.25, -0.2) is 4.68 Å². The molecule has 4 heteroatoms. The first-order valence-electron chi connectivity index (χ1n) is 2.74. The van der Waals surface area contributed by atoms with Crippen molar-refractivity contribution in [3.8, 4) is 11.8 Å². The number of hydrogen-bond donors (Lipinski definition) is 0. The van der Waals surface area contributed by atoms with Crippen molar-refractivity contribution in [3.05, 3.63) is 11.9 Å². The second-order valence-electron chi connectivity index (χ2n) is 1.68. The third-order valence-corrected chi connectivity index (χ3v) is 1.13. The molecule has 1 aromatic heterocycles. The molecule has 52 valence electrons. The van der Waals surface area contributed by atoms with Gasteiger partial charge in [-0.15, -0.1) is 16.7 Å². The fourth-order valence-corrected chi connectivity index (χ4v) is 0.594. The summed E-state index contributed by atoms with van der Waals surface area (Å²) in [5.74, 6) is 5.84. The van der Waals surface area contributed by atoms with Crippen molar-refractivity contribution in [1.29, 1.82) is 0 Å². The minimum Gasteiger partial charge on any atom is -0.240 e. The van der Waals surface area contributed by atoms with Crippen LogP contribution in [-0.2, 0) is 7.05 Å². The largest absolute Gasteiger partial charge is 0.240 e. The van der Waals surface area contributed by atoms with Crippen molar-refractivity contribution in [1.82, 2.24) is 15.0 Å². The zero-order chi connectivity index (χ0) is 7.40. The first-order chi connectivity index (χ1) is 4.84. The summed E-state index contributed by atoms with van der Waals surface area (Å²) in [7, 11) is 1.78. The number of halogens is 1. The van der Waals surface area contributed by atoms with Crippen LogP contribution in [0.2, 0.25) is 0 Å². The zero-order valence-electron chi connectivity index (χ0n) is 5.50. The first kappa shape index (κ1) is 7.10. The molecular weight excluding hydrogens is 150 g/mol. The standard InChI is InChI=1S/C6H6ClN3/c1-10-6(3-2-4-7)5-8-9-10/h5H,4H2,1H3. The summed E-state index contributed by atoms with van der Waals surface area (Å²) in [4.78, 5) is 0. The smallest absolute Gasteiger partial charge is 0.131 e. The minimum absolute atomic E-state index is 0.338. The van der Waals surface area contributed by atoms with Crippen LogP contribution in [-0.4, -0.2) is 20.9 Å². The van der Waals surface area contributed by atoms with Gasteiger partial charge in [0.1, 0.15) is 5.69 Å². The fraction of sp³-hybridized carbons (Fsp3) is 0.333. The Morgan fingerprint density at radius 2 is 2.60 bits per heavy atom. The molecule has 0 saturated heterocycles. The van der Waals surface area contributed by atoms with E-state index in [2.05, 4.69) is 22.2 Å². The van der Waals surface area contributed by atoms with E-state index in [0.29, 0.717) is 5.88 Å². The van der Waals surface area contributed by atoms with E-state index in [1.807, 2.05) is 0 Å². The van der Waals surface area contributed by atoms with Crippen LogP contribution in [0.1, 0.15) is 5.69 Å². The SMILES string of the molecule is Cn1nncc1C#CCCl. The van der Waals surface area contributed by atoms with Crippen molar-refractivity contribution in [2.45, 2.75) is 0 Å². The molecule has 0 atom stereocenters. The Balaban J connectivity index is 2.84. The monoisotopic (exact) mass is 155 g/mol. The molecule has 0 N–H and O–H groups in total. The average Bonchev–Trinajstić information content (AvgIpc) is 2.31. The maximum atomic E-state index is 5.35. The Bertz CT molecular complexity index is 268. The summed E-state index contributed by atoms with van der Waals surface area (Å²) in [6, 6.07) is 0. The van der Waals surface area contributed by atoms with E-state index in [0.717, 1.165) is 5.69 Å². The van der Waals surface area contributed by atoms with E-state index in [-0.39, 0.29) is 0 Å². The number of aromatic nitrogens is 3. The molecule has 0 spiro atoms. The highest BCUT2D eigenvalue weighted by Gasteiger charge is 1.90. The molecule has 0 amide bonds. The van der Waals surface area contributed by atoms with Gasteiger partial charge in [0.25, 0.3) is 0 Å². The fourth-order valence-electron chi connectivity index (χ4n) is 0.527. The molecule has 1 rings (SSSR count). The first-order valence-corrected chi connectivity index (χ1v) is 3.27. The molecule has 0 aromatic carbocycles. The van der Waals surface area contributed by atoms with Gasteiger partial charge in [-0.1, -0.05) is 11.1 Å². The number of nitrogens with zero attached hydrogens (tertiary/aromatic N) is 3. The van der Waals surface area contributed by atoms with Crippen LogP contribution < -0.4 is 0 Å². The normalized spacial score (nSPS) is 8.60. The third-order valence-electron chi connectivity index (χ3n) is 0.998. The summed E-state index contributed by atoms with van der Waals surface area (Å²) in [6.07, 6.45) is 1.60. The quantitative estimate of drug-likeness (QED) is 0.401. The molecular formula is C6H6ClN3. The van der Waals surface area contributed by atoms with E-state index in [1.165, 1.54) is 0 Å². The molecule has 0 fully saturated rings. The summed E-state index contributed by atoms with van der Waals surface area (Å²) < 4.78 is 1.60. The van der Waals surface area contributed by atoms with E-state index < -0.39 is 0 Å². The molecule has 1 heterocycles. The highest BCUT2D eigenvalue weighted by atomic mass is 35.5. The average molecular weight is 156 g/mol. The molecule has 0 aliphatic heterocycles. The van der Waals surface area contributed by atoms with Crippen molar-refractivity contribution >= 4 is 11.6 Å². The van der Waals surface area contributed by atoms with Gasteiger partial charge in [0.15, 0.2) is 0 Å². The Hall–Kier alpha value is -1.01. The highest BCUT2D eigenvalue weighted by Crippen LogP contribution is 1.88. The number of aryl methyl sites for hydroxylation is 1. The second kappa shape index (κ2) is 3.23. The van der Waals surface area contributed by atoms with Gasteiger partial charge in [0.2, 0.25) is 0 Å². The summed E-state index contributed by atoms with van der Waals surface area (Å²) >= 11 is 5.35. The molecule has 0 radical (unpaired) electrons. The molecule has 0 saturated carbocycles. The van der Waals surface area contributed by atoms with Gasteiger partial charge in [0, 0.05) is 7.05 Å². The summed E-state index contributed by atoms with van der Waals surface area (Å²) in [5, 5.41) is 7.33. The molecule has 0 unspecified atom stereocenters. The Morgan fingerprint density at radius 1 is 1.80 bits per heavy atom. The van der Waals surface area contributed by atoms with Crippen LogP contribution in [0, 0.1) is 11.8 Å². The molecule has 0 bridgehead atoms. The molecule has 10 heavy (non-hydrogen) atoms. The Morgan fingerprint density at radius 3 is 3.10 bits per heavy atom. The van der Waals surface area contributed by atoms with Crippen molar-refractivity contribution in [2.24, 2.45) is 7.05 Å². The lowest BCUT2D eigenvalue weighted by Crippen LogP contribution is -1.93. The number of rotatable bonds is 0. The lowest BCUT2D eigenvalue weighted by molar-refractivity contribution is 0.708. The maximum Gasteiger partial charge on any atom is 0.131 e. The van der Waals surface area contributed by atoms with E-state index >= 15 is 0 Å². The lowest BCUT2D eigenvalue weighted by atomic mass is 10.5. The predicted octanol–water partition coefficient (Wildman–Crippen LogP) is 0.405. The van der Waals surface area contributed by atoms with Gasteiger partial charge in [-0.3, -0.25) is 0 Å². The van der Waals surface area contributed by atoms with Crippen LogP contribution in [0.25, 0.3) is 0 Å². The third kappa shape index (κ3) is 1.49. The highest BCUT2D eigenvalue weighted by molar-refractivity contribution is 6.19. The Labute approximate surface area is 64.0 Å². The van der Waals surface area contributed by atoms with Crippen molar-refractivity contribution in [2.75, 3.05) is 5.88 Å². The summed E-state index contributed by atoms with van der Waals surface area (Å²) in [5.41, 5.74) is 0.778. The minimum atomic E-state index is 0.338. The van der Waals surface area contributed by atoms with Crippen LogP contribution in [0.5, 0.6) is 0 Å². The Kier molecular flexibility index (Phi) is 2.30. The molecule has 3 nitrogen and oxygen atoms in total. The number of alkyl halides is 1. The topological polar surface area (TPSA) is 30.7 Å². The van der Waals surface area contributed by atoms with E-state index in [4.69, 9.17) is 11.6 Å².